The number of esters is 1. The van der Waals surface area contributed by atoms with Gasteiger partial charge < -0.3 is 14.8 Å². The van der Waals surface area contributed by atoms with E-state index in [1.54, 1.807) is 7.11 Å². The van der Waals surface area contributed by atoms with Gasteiger partial charge in [-0.2, -0.15) is 0 Å². The summed E-state index contributed by atoms with van der Waals surface area (Å²) >= 11 is 0. The molecule has 0 saturated carbocycles. The van der Waals surface area contributed by atoms with Gasteiger partial charge in [-0.3, -0.25) is 4.79 Å². The summed E-state index contributed by atoms with van der Waals surface area (Å²) in [7, 11) is 2.92. The van der Waals surface area contributed by atoms with Gasteiger partial charge in [0, 0.05) is 20.1 Å². The van der Waals surface area contributed by atoms with Crippen LogP contribution in [0.5, 0.6) is 0 Å². The summed E-state index contributed by atoms with van der Waals surface area (Å²) in [6.07, 6.45) is 1.60. The summed E-state index contributed by atoms with van der Waals surface area (Å²) in [5.41, 5.74) is 0. The van der Waals surface area contributed by atoms with Crippen LogP contribution in [0.15, 0.2) is 0 Å². The number of methoxy groups -OCH3 is 2. The van der Waals surface area contributed by atoms with Crippen LogP contribution in [-0.2, 0) is 19.1 Å². The Morgan fingerprint density at radius 1 is 1.24 bits per heavy atom. The van der Waals surface area contributed by atoms with E-state index in [0.717, 1.165) is 0 Å². The Balaban J connectivity index is 4.13. The fourth-order valence-electron chi connectivity index (χ4n) is 1.47. The molecule has 100 valence electrons. The number of carbonyl (C=O) groups excluding carboxylic acids is 2. The third-order valence-corrected chi connectivity index (χ3v) is 2.28. The van der Waals surface area contributed by atoms with Crippen LogP contribution in [0.1, 0.15) is 33.1 Å². The first-order valence-corrected chi connectivity index (χ1v) is 5.87. The fraction of sp³-hybridized carbons (Fsp3) is 0.833. The Morgan fingerprint density at radius 3 is 2.35 bits per heavy atom. The molecule has 0 aromatic rings. The van der Waals surface area contributed by atoms with Crippen molar-refractivity contribution in [3.8, 4) is 0 Å². The summed E-state index contributed by atoms with van der Waals surface area (Å²) in [4.78, 5) is 23.0. The minimum Gasteiger partial charge on any atom is -0.467 e. The van der Waals surface area contributed by atoms with Gasteiger partial charge >= 0.3 is 5.97 Å². The van der Waals surface area contributed by atoms with E-state index in [1.807, 2.05) is 13.8 Å². The highest BCUT2D eigenvalue weighted by atomic mass is 16.5. The van der Waals surface area contributed by atoms with E-state index in [2.05, 4.69) is 10.1 Å². The first-order chi connectivity index (χ1) is 8.01. The van der Waals surface area contributed by atoms with E-state index < -0.39 is 12.0 Å². The quantitative estimate of drug-likeness (QED) is 0.514. The zero-order valence-electron chi connectivity index (χ0n) is 11.1. The number of ether oxygens (including phenoxy) is 2. The maximum absolute atomic E-state index is 11.6. The average Bonchev–Trinajstić information content (AvgIpc) is 2.27. The normalized spacial score (nSPS) is 12.3. The molecule has 1 atom stereocenters. The Hall–Kier alpha value is -1.10. The average molecular weight is 245 g/mol. The van der Waals surface area contributed by atoms with Gasteiger partial charge in [-0.1, -0.05) is 13.8 Å². The molecule has 0 rings (SSSR count). The molecular formula is C12H23NO4. The molecule has 5 heteroatoms. The lowest BCUT2D eigenvalue weighted by Gasteiger charge is -2.18. The number of hydrogen-bond donors (Lipinski definition) is 1. The van der Waals surface area contributed by atoms with Gasteiger partial charge in [-0.15, -0.1) is 0 Å². The number of amides is 1. The summed E-state index contributed by atoms with van der Waals surface area (Å²) in [6.45, 7) is 4.53. The van der Waals surface area contributed by atoms with Crippen molar-refractivity contribution in [2.45, 2.75) is 39.2 Å². The zero-order chi connectivity index (χ0) is 13.3. The van der Waals surface area contributed by atoms with E-state index in [9.17, 15) is 9.59 Å². The van der Waals surface area contributed by atoms with Crippen molar-refractivity contribution in [2.75, 3.05) is 20.8 Å². The fourth-order valence-corrected chi connectivity index (χ4v) is 1.47. The van der Waals surface area contributed by atoms with Crippen LogP contribution >= 0.6 is 0 Å². The molecule has 0 spiro atoms. The van der Waals surface area contributed by atoms with E-state index >= 15 is 0 Å². The van der Waals surface area contributed by atoms with E-state index in [4.69, 9.17) is 4.74 Å². The second-order valence-corrected chi connectivity index (χ2v) is 4.37. The zero-order valence-corrected chi connectivity index (χ0v) is 11.1. The van der Waals surface area contributed by atoms with Gasteiger partial charge in [0.1, 0.15) is 6.04 Å². The molecule has 0 saturated heterocycles. The van der Waals surface area contributed by atoms with Gasteiger partial charge in [0.05, 0.1) is 7.11 Å². The molecule has 1 amide bonds. The van der Waals surface area contributed by atoms with Gasteiger partial charge in [0.25, 0.3) is 0 Å². The lowest BCUT2D eigenvalue weighted by molar-refractivity contribution is -0.145. The molecule has 5 nitrogen and oxygen atoms in total. The lowest BCUT2D eigenvalue weighted by Crippen LogP contribution is -2.42. The molecule has 0 bridgehead atoms. The molecule has 0 fully saturated rings. The van der Waals surface area contributed by atoms with Gasteiger partial charge in [0.2, 0.25) is 5.91 Å². The maximum atomic E-state index is 11.6. The summed E-state index contributed by atoms with van der Waals surface area (Å²) in [5.74, 6) is -0.213. The van der Waals surface area contributed by atoms with Crippen LogP contribution in [-0.4, -0.2) is 38.7 Å². The van der Waals surface area contributed by atoms with Crippen molar-refractivity contribution >= 4 is 11.9 Å². The molecule has 1 N–H and O–H groups in total. The molecule has 0 aliphatic rings. The van der Waals surface area contributed by atoms with Gasteiger partial charge in [0.15, 0.2) is 0 Å². The summed E-state index contributed by atoms with van der Waals surface area (Å²) < 4.78 is 9.52. The van der Waals surface area contributed by atoms with Crippen LogP contribution in [0.25, 0.3) is 0 Å². The van der Waals surface area contributed by atoms with Crippen LogP contribution in [0.2, 0.25) is 0 Å². The SMILES string of the molecule is COCCCC(=O)NC(CC(C)C)C(=O)OC. The number of rotatable bonds is 8. The molecule has 0 aromatic carbocycles. The molecule has 0 radical (unpaired) electrons. The Labute approximate surface area is 103 Å². The van der Waals surface area contributed by atoms with E-state index in [0.29, 0.717) is 31.8 Å². The molecule has 0 heterocycles. The smallest absolute Gasteiger partial charge is 0.328 e. The largest absolute Gasteiger partial charge is 0.467 e. The van der Waals surface area contributed by atoms with Crippen molar-refractivity contribution in [3.63, 3.8) is 0 Å². The second kappa shape index (κ2) is 8.98. The molecule has 17 heavy (non-hydrogen) atoms. The topological polar surface area (TPSA) is 64.6 Å². The first-order valence-electron chi connectivity index (χ1n) is 5.87. The second-order valence-electron chi connectivity index (χ2n) is 4.37. The molecule has 0 aliphatic heterocycles. The van der Waals surface area contributed by atoms with Crippen molar-refractivity contribution < 1.29 is 19.1 Å². The molecule has 1 unspecified atom stereocenters. The highest BCUT2D eigenvalue weighted by Crippen LogP contribution is 2.06. The van der Waals surface area contributed by atoms with Crippen molar-refractivity contribution in [1.82, 2.24) is 5.32 Å². The predicted octanol–water partition coefficient (Wildman–Crippen LogP) is 1.12. The van der Waals surface area contributed by atoms with E-state index in [1.165, 1.54) is 7.11 Å². The number of nitrogens with one attached hydrogen (secondary N) is 1. The van der Waals surface area contributed by atoms with Crippen LogP contribution < -0.4 is 5.32 Å². The van der Waals surface area contributed by atoms with Crippen molar-refractivity contribution in [1.29, 1.82) is 0 Å². The van der Waals surface area contributed by atoms with Crippen LogP contribution in [0, 0.1) is 5.92 Å². The minimum atomic E-state index is -0.546. The predicted molar refractivity (Wildman–Crippen MR) is 64.5 cm³/mol. The monoisotopic (exact) mass is 245 g/mol. The van der Waals surface area contributed by atoms with E-state index in [-0.39, 0.29) is 5.91 Å². The Bertz CT molecular complexity index is 241. The van der Waals surface area contributed by atoms with Gasteiger partial charge in [-0.05, 0) is 18.8 Å². The molecular weight excluding hydrogens is 222 g/mol. The molecule has 0 aromatic heterocycles. The Kier molecular flexibility index (Phi) is 8.40. The van der Waals surface area contributed by atoms with Gasteiger partial charge in [-0.25, -0.2) is 4.79 Å². The van der Waals surface area contributed by atoms with Crippen LogP contribution in [0.4, 0.5) is 0 Å². The number of hydrogen-bond acceptors (Lipinski definition) is 4. The third-order valence-electron chi connectivity index (χ3n) is 2.28. The Morgan fingerprint density at radius 2 is 1.88 bits per heavy atom. The highest BCUT2D eigenvalue weighted by Gasteiger charge is 2.22. The standard InChI is InChI=1S/C12H23NO4/c1-9(2)8-10(12(15)17-4)13-11(14)6-5-7-16-3/h9-10H,5-8H2,1-4H3,(H,13,14). The van der Waals surface area contributed by atoms with Crippen molar-refractivity contribution in [2.24, 2.45) is 5.92 Å². The third kappa shape index (κ3) is 7.74. The maximum Gasteiger partial charge on any atom is 0.328 e. The minimum absolute atomic E-state index is 0.141. The highest BCUT2D eigenvalue weighted by molar-refractivity contribution is 5.84. The number of carbonyl (C=O) groups is 2. The van der Waals surface area contributed by atoms with Crippen LogP contribution in [0.3, 0.4) is 0 Å². The lowest BCUT2D eigenvalue weighted by atomic mass is 10.0. The summed E-state index contributed by atoms with van der Waals surface area (Å²) in [5, 5.41) is 2.69. The molecule has 0 aliphatic carbocycles. The summed E-state index contributed by atoms with van der Waals surface area (Å²) in [6, 6.07) is -0.546. The van der Waals surface area contributed by atoms with Crippen molar-refractivity contribution in [3.05, 3.63) is 0 Å². The first kappa shape index (κ1) is 15.9.